The van der Waals surface area contributed by atoms with Crippen molar-refractivity contribution in [3.05, 3.63) is 35.9 Å². The molecule has 0 atom stereocenters. The van der Waals surface area contributed by atoms with Crippen LogP contribution in [0.1, 0.15) is 12.0 Å². The van der Waals surface area contributed by atoms with Gasteiger partial charge in [0.05, 0.1) is 6.61 Å². The van der Waals surface area contributed by atoms with Crippen molar-refractivity contribution >= 4 is 18.0 Å². The van der Waals surface area contributed by atoms with Gasteiger partial charge < -0.3 is 4.74 Å². The summed E-state index contributed by atoms with van der Waals surface area (Å²) in [5.41, 5.74) is 1.04. The van der Waals surface area contributed by atoms with E-state index in [1.807, 2.05) is 30.3 Å². The van der Waals surface area contributed by atoms with E-state index in [1.165, 1.54) is 0 Å². The Balaban J connectivity index is 2.24. The third-order valence-electron chi connectivity index (χ3n) is 2.07. The number of benzene rings is 1. The number of ether oxygens (including phenoxy) is 1. The Hall–Kier alpha value is -1.18. The summed E-state index contributed by atoms with van der Waals surface area (Å²) in [5, 5.41) is 3.94. The molecular weight excluding hydrogens is 266 g/mol. The Labute approximate surface area is 107 Å². The SMILES string of the molecule is O=C(OCCCc1ccccc1)C(F)(F)SOO. The zero-order valence-electron chi connectivity index (χ0n) is 9.34. The largest absolute Gasteiger partial charge is 0.460 e. The van der Waals surface area contributed by atoms with E-state index in [2.05, 4.69) is 9.07 Å². The number of halogens is 2. The van der Waals surface area contributed by atoms with E-state index in [0.29, 0.717) is 12.8 Å². The number of esters is 1. The molecule has 0 radical (unpaired) electrons. The standard InChI is InChI=1S/C11H12F2O4S/c12-11(13,18-17-15)10(14)16-8-4-7-9-5-2-1-3-6-9/h1-3,5-6,15H,4,7-8H2. The maximum Gasteiger partial charge on any atom is 0.415 e. The average Bonchev–Trinajstić information content (AvgIpc) is 2.35. The van der Waals surface area contributed by atoms with Crippen LogP contribution in [0.25, 0.3) is 0 Å². The lowest BCUT2D eigenvalue weighted by molar-refractivity contribution is -0.165. The summed E-state index contributed by atoms with van der Waals surface area (Å²) < 4.78 is 33.1. The second-order valence-corrected chi connectivity index (χ2v) is 4.23. The van der Waals surface area contributed by atoms with Gasteiger partial charge in [0.15, 0.2) is 0 Å². The second kappa shape index (κ2) is 7.30. The molecule has 7 heteroatoms. The molecular formula is C11H12F2O4S. The second-order valence-electron chi connectivity index (χ2n) is 3.40. The Morgan fingerprint density at radius 2 is 2.00 bits per heavy atom. The normalized spacial score (nSPS) is 11.3. The minimum absolute atomic E-state index is 0.116. The molecule has 1 rings (SSSR count). The number of hydrogen-bond acceptors (Lipinski definition) is 5. The lowest BCUT2D eigenvalue weighted by Crippen LogP contribution is -2.27. The molecule has 0 aliphatic rings. The predicted molar refractivity (Wildman–Crippen MR) is 62.0 cm³/mol. The molecule has 0 aliphatic carbocycles. The van der Waals surface area contributed by atoms with Gasteiger partial charge in [0, 0.05) is 0 Å². The van der Waals surface area contributed by atoms with Crippen LogP contribution in [0.2, 0.25) is 0 Å². The summed E-state index contributed by atoms with van der Waals surface area (Å²) in [4.78, 5) is 10.9. The summed E-state index contributed by atoms with van der Waals surface area (Å²) in [7, 11) is 0. The summed E-state index contributed by atoms with van der Waals surface area (Å²) in [6.07, 6.45) is 1.07. The fraction of sp³-hybridized carbons (Fsp3) is 0.364. The third kappa shape index (κ3) is 4.99. The summed E-state index contributed by atoms with van der Waals surface area (Å²) in [6, 6.07) is 9.39. The Kier molecular flexibility index (Phi) is 6.03. The fourth-order valence-corrected chi connectivity index (χ4v) is 1.47. The van der Waals surface area contributed by atoms with Crippen molar-refractivity contribution in [3.8, 4) is 0 Å². The van der Waals surface area contributed by atoms with Crippen molar-refractivity contribution in [2.75, 3.05) is 6.61 Å². The molecule has 0 spiro atoms. The summed E-state index contributed by atoms with van der Waals surface area (Å²) in [6.45, 7) is -0.116. The minimum Gasteiger partial charge on any atom is -0.460 e. The van der Waals surface area contributed by atoms with Gasteiger partial charge in [-0.15, -0.1) is 0 Å². The van der Waals surface area contributed by atoms with Gasteiger partial charge in [-0.1, -0.05) is 30.3 Å². The van der Waals surface area contributed by atoms with Crippen LogP contribution < -0.4 is 0 Å². The van der Waals surface area contributed by atoms with Crippen molar-refractivity contribution in [1.29, 1.82) is 0 Å². The van der Waals surface area contributed by atoms with Crippen molar-refractivity contribution in [3.63, 3.8) is 0 Å². The van der Waals surface area contributed by atoms with E-state index in [9.17, 15) is 13.6 Å². The number of carbonyl (C=O) groups excluding carboxylic acids is 1. The summed E-state index contributed by atoms with van der Waals surface area (Å²) in [5.74, 6) is -1.73. The Morgan fingerprint density at radius 1 is 1.33 bits per heavy atom. The van der Waals surface area contributed by atoms with E-state index >= 15 is 0 Å². The topological polar surface area (TPSA) is 55.8 Å². The van der Waals surface area contributed by atoms with Crippen LogP contribution in [0.3, 0.4) is 0 Å². The average molecular weight is 278 g/mol. The maximum absolute atomic E-state index is 12.8. The number of rotatable bonds is 7. The molecule has 18 heavy (non-hydrogen) atoms. The van der Waals surface area contributed by atoms with Crippen LogP contribution in [0.4, 0.5) is 8.78 Å². The van der Waals surface area contributed by atoms with Gasteiger partial charge in [-0.3, -0.25) is 0 Å². The van der Waals surface area contributed by atoms with E-state index in [1.54, 1.807) is 0 Å². The first-order valence-electron chi connectivity index (χ1n) is 5.14. The maximum atomic E-state index is 12.8. The zero-order valence-corrected chi connectivity index (χ0v) is 10.2. The number of alkyl halides is 2. The van der Waals surface area contributed by atoms with Crippen LogP contribution in [0.5, 0.6) is 0 Å². The molecule has 4 nitrogen and oxygen atoms in total. The number of hydrogen-bond donors (Lipinski definition) is 1. The number of carbonyl (C=O) groups is 1. The fourth-order valence-electron chi connectivity index (χ4n) is 1.25. The van der Waals surface area contributed by atoms with Crippen LogP contribution in [-0.2, 0) is 20.3 Å². The molecule has 0 fully saturated rings. The lowest BCUT2D eigenvalue weighted by Gasteiger charge is -2.11. The third-order valence-corrected chi connectivity index (χ3v) is 2.52. The molecule has 0 unspecified atom stereocenters. The van der Waals surface area contributed by atoms with Crippen molar-refractivity contribution in [2.45, 2.75) is 18.1 Å². The molecule has 1 aromatic carbocycles. The van der Waals surface area contributed by atoms with Crippen molar-refractivity contribution < 1.29 is 27.9 Å². The van der Waals surface area contributed by atoms with Crippen molar-refractivity contribution in [1.82, 2.24) is 0 Å². The van der Waals surface area contributed by atoms with E-state index in [-0.39, 0.29) is 6.61 Å². The molecule has 0 heterocycles. The minimum atomic E-state index is -3.90. The van der Waals surface area contributed by atoms with Crippen LogP contribution >= 0.6 is 12.0 Å². The predicted octanol–water partition coefficient (Wildman–Crippen LogP) is 2.89. The quantitative estimate of drug-likeness (QED) is 0.273. The Bertz CT molecular complexity index is 373. The highest BCUT2D eigenvalue weighted by molar-refractivity contribution is 7.96. The highest BCUT2D eigenvalue weighted by atomic mass is 32.2. The van der Waals surface area contributed by atoms with Gasteiger partial charge in [0.2, 0.25) is 0 Å². The first-order valence-corrected chi connectivity index (χ1v) is 5.88. The lowest BCUT2D eigenvalue weighted by atomic mass is 10.1. The molecule has 0 saturated carbocycles. The highest BCUT2D eigenvalue weighted by Crippen LogP contribution is 2.30. The molecule has 0 aliphatic heterocycles. The van der Waals surface area contributed by atoms with Gasteiger partial charge in [-0.2, -0.15) is 13.1 Å². The van der Waals surface area contributed by atoms with Gasteiger partial charge in [-0.25, -0.2) is 10.1 Å². The molecule has 0 aromatic heterocycles. The molecule has 0 saturated heterocycles. The zero-order chi connectivity index (χ0) is 13.4. The Morgan fingerprint density at radius 3 is 2.61 bits per heavy atom. The number of aryl methyl sites for hydroxylation is 1. The molecule has 1 N–H and O–H groups in total. The van der Waals surface area contributed by atoms with Crippen molar-refractivity contribution in [2.24, 2.45) is 0 Å². The van der Waals surface area contributed by atoms with Gasteiger partial charge in [0.25, 0.3) is 0 Å². The van der Waals surface area contributed by atoms with Crippen LogP contribution in [-0.4, -0.2) is 23.1 Å². The monoisotopic (exact) mass is 278 g/mol. The van der Waals surface area contributed by atoms with Crippen LogP contribution in [0.15, 0.2) is 30.3 Å². The summed E-state index contributed by atoms with van der Waals surface area (Å²) >= 11 is -0.656. The van der Waals surface area contributed by atoms with Gasteiger partial charge in [0.1, 0.15) is 12.0 Å². The van der Waals surface area contributed by atoms with Crippen LogP contribution in [0, 0.1) is 0 Å². The van der Waals surface area contributed by atoms with E-state index in [4.69, 9.17) is 5.26 Å². The smallest absolute Gasteiger partial charge is 0.415 e. The highest BCUT2D eigenvalue weighted by Gasteiger charge is 2.43. The van der Waals surface area contributed by atoms with E-state index in [0.717, 1.165) is 5.56 Å². The van der Waals surface area contributed by atoms with Gasteiger partial charge >= 0.3 is 11.2 Å². The molecule has 100 valence electrons. The first-order chi connectivity index (χ1) is 8.56. The van der Waals surface area contributed by atoms with E-state index < -0.39 is 23.3 Å². The van der Waals surface area contributed by atoms with Gasteiger partial charge in [-0.05, 0) is 18.4 Å². The first kappa shape index (κ1) is 14.9. The molecule has 1 aromatic rings. The molecule has 0 amide bonds. The molecule has 0 bridgehead atoms.